The number of ether oxygens (including phenoxy) is 1. The second-order valence-corrected chi connectivity index (χ2v) is 4.91. The zero-order chi connectivity index (χ0) is 9.40. The van der Waals surface area contributed by atoms with E-state index in [0.717, 1.165) is 0 Å². The molecule has 3 heteroatoms. The molecule has 0 atom stereocenters. The normalized spacial score (nSPS) is 10.7. The fourth-order valence-electron chi connectivity index (χ4n) is 0.619. The Morgan fingerprint density at radius 3 is 2.50 bits per heavy atom. The molecule has 0 amide bonds. The number of methoxy groups -OCH3 is 1. The van der Waals surface area contributed by atoms with Crippen LogP contribution < -0.4 is 0 Å². The van der Waals surface area contributed by atoms with Crippen molar-refractivity contribution in [1.29, 1.82) is 0 Å². The Bertz CT molecular complexity index is 169. The molecule has 0 N–H and O–H groups in total. The highest BCUT2D eigenvalue weighted by molar-refractivity contribution is 8.78. The minimum absolute atomic E-state index is 0.686. The zero-order valence-corrected chi connectivity index (χ0v) is 9.72. The van der Waals surface area contributed by atoms with Crippen molar-refractivity contribution >= 4 is 21.6 Å². The minimum Gasteiger partial charge on any atom is -0.381 e. The van der Waals surface area contributed by atoms with Crippen LogP contribution in [0.4, 0.5) is 0 Å². The molecule has 0 aliphatic rings. The molecule has 0 bridgehead atoms. The van der Waals surface area contributed by atoms with Crippen molar-refractivity contribution in [2.45, 2.75) is 13.8 Å². The van der Waals surface area contributed by atoms with Crippen molar-refractivity contribution in [2.75, 3.05) is 20.0 Å². The highest BCUT2D eigenvalue weighted by Gasteiger charge is 1.93. The molecule has 70 valence electrons. The summed E-state index contributed by atoms with van der Waals surface area (Å²) in [6, 6.07) is 0. The van der Waals surface area contributed by atoms with Crippen molar-refractivity contribution in [3.8, 4) is 0 Å². The Kier molecular flexibility index (Phi) is 7.86. The van der Waals surface area contributed by atoms with Gasteiger partial charge in [-0.2, -0.15) is 0 Å². The summed E-state index contributed by atoms with van der Waals surface area (Å²) in [5.74, 6) is 0. The van der Waals surface area contributed by atoms with E-state index in [2.05, 4.69) is 26.2 Å². The van der Waals surface area contributed by atoms with Crippen LogP contribution in [0.5, 0.6) is 0 Å². The van der Waals surface area contributed by atoms with Crippen LogP contribution in [0.3, 0.4) is 0 Å². The van der Waals surface area contributed by atoms with Crippen molar-refractivity contribution in [1.82, 2.24) is 0 Å². The van der Waals surface area contributed by atoms with Crippen molar-refractivity contribution in [3.63, 3.8) is 0 Å². The van der Waals surface area contributed by atoms with E-state index in [-0.39, 0.29) is 0 Å². The van der Waals surface area contributed by atoms with Gasteiger partial charge in [0, 0.05) is 12.0 Å². The fourth-order valence-corrected chi connectivity index (χ4v) is 2.32. The average Bonchev–Trinajstić information content (AvgIpc) is 2.03. The van der Waals surface area contributed by atoms with Crippen molar-refractivity contribution in [3.05, 3.63) is 22.6 Å². The predicted molar refractivity (Wildman–Crippen MR) is 60.5 cm³/mol. The molecule has 0 saturated heterocycles. The lowest BCUT2D eigenvalue weighted by molar-refractivity contribution is 0.234. The second-order valence-electron chi connectivity index (χ2n) is 2.47. The van der Waals surface area contributed by atoms with E-state index in [4.69, 9.17) is 4.74 Å². The van der Waals surface area contributed by atoms with Crippen LogP contribution >= 0.6 is 21.6 Å². The Morgan fingerprint density at radius 2 is 2.08 bits per heavy atom. The fraction of sp³-hybridized carbons (Fsp3) is 0.556. The molecule has 0 rings (SSSR count). The molecule has 0 aromatic carbocycles. The molecular weight excluding hydrogens is 188 g/mol. The lowest BCUT2D eigenvalue weighted by Gasteiger charge is -2.00. The first-order valence-electron chi connectivity index (χ1n) is 3.76. The Hall–Kier alpha value is 0.140. The number of allylic oxidation sites excluding steroid dienone is 2. The van der Waals surface area contributed by atoms with E-state index in [1.807, 2.05) is 6.08 Å². The third kappa shape index (κ3) is 5.75. The first-order chi connectivity index (χ1) is 5.72. The molecule has 12 heavy (non-hydrogen) atoms. The van der Waals surface area contributed by atoms with Gasteiger partial charge in [0.05, 0.1) is 6.61 Å². The van der Waals surface area contributed by atoms with Gasteiger partial charge in [-0.05, 0) is 26.2 Å². The lowest BCUT2D eigenvalue weighted by Crippen LogP contribution is -1.81. The molecule has 0 heterocycles. The smallest absolute Gasteiger partial charge is 0.0647 e. The molecule has 0 aromatic rings. The Labute approximate surface area is 83.0 Å². The van der Waals surface area contributed by atoms with Gasteiger partial charge in [0.15, 0.2) is 0 Å². The van der Waals surface area contributed by atoms with Gasteiger partial charge in [-0.15, -0.1) is 0 Å². The summed E-state index contributed by atoms with van der Waals surface area (Å²) in [5, 5.41) is 0. The van der Waals surface area contributed by atoms with E-state index in [0.29, 0.717) is 6.61 Å². The van der Waals surface area contributed by atoms with Gasteiger partial charge in [-0.25, -0.2) is 0 Å². The van der Waals surface area contributed by atoms with Crippen LogP contribution in [0.2, 0.25) is 0 Å². The third-order valence-corrected chi connectivity index (χ3v) is 3.13. The maximum absolute atomic E-state index is 4.92. The first kappa shape index (κ1) is 12.1. The molecule has 0 saturated carbocycles. The summed E-state index contributed by atoms with van der Waals surface area (Å²) in [6.45, 7) is 4.93. The van der Waals surface area contributed by atoms with E-state index in [9.17, 15) is 0 Å². The SMILES string of the molecule is COC/C=C\C(SSC)=C(C)C. The Morgan fingerprint density at radius 1 is 1.42 bits per heavy atom. The molecule has 0 spiro atoms. The summed E-state index contributed by atoms with van der Waals surface area (Å²) in [7, 11) is 5.25. The first-order valence-corrected chi connectivity index (χ1v) is 6.31. The van der Waals surface area contributed by atoms with Crippen LogP contribution in [0.1, 0.15) is 13.8 Å². The quantitative estimate of drug-likeness (QED) is 0.501. The van der Waals surface area contributed by atoms with Crippen molar-refractivity contribution < 1.29 is 4.74 Å². The third-order valence-electron chi connectivity index (χ3n) is 1.20. The van der Waals surface area contributed by atoms with Crippen molar-refractivity contribution in [2.24, 2.45) is 0 Å². The highest BCUT2D eigenvalue weighted by atomic mass is 33.1. The summed E-state index contributed by atoms with van der Waals surface area (Å²) >= 11 is 0. The topological polar surface area (TPSA) is 9.23 Å². The second kappa shape index (κ2) is 7.77. The van der Waals surface area contributed by atoms with Gasteiger partial charge in [0.25, 0.3) is 0 Å². The number of rotatable bonds is 5. The molecule has 0 radical (unpaired) electrons. The molecule has 0 aromatic heterocycles. The maximum Gasteiger partial charge on any atom is 0.0647 e. The van der Waals surface area contributed by atoms with Gasteiger partial charge in [-0.3, -0.25) is 0 Å². The monoisotopic (exact) mass is 204 g/mol. The van der Waals surface area contributed by atoms with E-state index in [1.165, 1.54) is 10.5 Å². The molecule has 0 aliphatic heterocycles. The molecule has 0 unspecified atom stereocenters. The Balaban J connectivity index is 4.05. The molecule has 1 nitrogen and oxygen atoms in total. The minimum atomic E-state index is 0.686. The van der Waals surface area contributed by atoms with Crippen LogP contribution in [0.25, 0.3) is 0 Å². The number of hydrogen-bond donors (Lipinski definition) is 0. The average molecular weight is 204 g/mol. The largest absolute Gasteiger partial charge is 0.381 e. The number of hydrogen-bond acceptors (Lipinski definition) is 3. The molecule has 0 aliphatic carbocycles. The summed E-state index contributed by atoms with van der Waals surface area (Å²) in [5.41, 5.74) is 1.35. The summed E-state index contributed by atoms with van der Waals surface area (Å²) in [4.78, 5) is 1.32. The van der Waals surface area contributed by atoms with Gasteiger partial charge in [-0.1, -0.05) is 33.2 Å². The van der Waals surface area contributed by atoms with E-state index >= 15 is 0 Å². The van der Waals surface area contributed by atoms with Crippen LogP contribution in [-0.2, 0) is 4.74 Å². The van der Waals surface area contributed by atoms with Crippen LogP contribution in [0, 0.1) is 0 Å². The van der Waals surface area contributed by atoms with Gasteiger partial charge in [0.2, 0.25) is 0 Å². The highest BCUT2D eigenvalue weighted by Crippen LogP contribution is 2.30. The van der Waals surface area contributed by atoms with Crippen LogP contribution in [0.15, 0.2) is 22.6 Å². The molecule has 0 fully saturated rings. The van der Waals surface area contributed by atoms with Gasteiger partial charge < -0.3 is 4.74 Å². The summed E-state index contributed by atoms with van der Waals surface area (Å²) < 4.78 is 4.92. The standard InChI is InChI=1S/C9H16OS2/c1-8(2)9(12-11-4)6-5-7-10-3/h5-6H,7H2,1-4H3/b6-5-. The van der Waals surface area contributed by atoms with Gasteiger partial charge >= 0.3 is 0 Å². The van der Waals surface area contributed by atoms with Crippen LogP contribution in [-0.4, -0.2) is 20.0 Å². The maximum atomic E-state index is 4.92. The molecular formula is C9H16OS2. The van der Waals surface area contributed by atoms with E-state index < -0.39 is 0 Å². The van der Waals surface area contributed by atoms with E-state index in [1.54, 1.807) is 28.7 Å². The zero-order valence-electron chi connectivity index (χ0n) is 8.09. The lowest BCUT2D eigenvalue weighted by atomic mass is 10.3. The van der Waals surface area contributed by atoms with Gasteiger partial charge in [0.1, 0.15) is 0 Å². The predicted octanol–water partition coefficient (Wildman–Crippen LogP) is 3.49. The summed E-state index contributed by atoms with van der Waals surface area (Å²) in [6.07, 6.45) is 6.23.